The number of hydrogen-bond donors (Lipinski definition) is 1. The van der Waals surface area contributed by atoms with E-state index in [0.717, 1.165) is 12.1 Å². The Balaban J connectivity index is 2.14. The first-order valence-corrected chi connectivity index (χ1v) is 6.15. The number of rotatable bonds is 3. The first kappa shape index (κ1) is 14.9. The number of hydrogen-bond acceptors (Lipinski definition) is 2. The van der Waals surface area contributed by atoms with Crippen LogP contribution in [-0.4, -0.2) is 6.54 Å². The summed E-state index contributed by atoms with van der Waals surface area (Å²) in [6.07, 6.45) is 0. The summed E-state index contributed by atoms with van der Waals surface area (Å²) in [5, 5.41) is 0. The van der Waals surface area contributed by atoms with Crippen LogP contribution in [0.1, 0.15) is 11.1 Å². The van der Waals surface area contributed by atoms with Crippen molar-refractivity contribution in [3.63, 3.8) is 0 Å². The first-order chi connectivity index (χ1) is 10.1. The molecule has 0 aliphatic rings. The molecule has 0 atom stereocenters. The molecule has 0 fully saturated rings. The lowest BCUT2D eigenvalue weighted by Crippen LogP contribution is -1.99. The largest absolute Gasteiger partial charge is 0.486 e. The fourth-order valence-electron chi connectivity index (χ4n) is 1.71. The van der Waals surface area contributed by atoms with Crippen molar-refractivity contribution in [3.05, 3.63) is 65.0 Å². The summed E-state index contributed by atoms with van der Waals surface area (Å²) in [6.45, 7) is 0.112. The molecular weight excluding hydrogens is 279 g/mol. The molecule has 0 spiro atoms. The smallest absolute Gasteiger partial charge is 0.167 e. The van der Waals surface area contributed by atoms with Crippen molar-refractivity contribution >= 4 is 0 Å². The maximum Gasteiger partial charge on any atom is 0.167 e. The van der Waals surface area contributed by atoms with Gasteiger partial charge in [-0.1, -0.05) is 11.8 Å². The van der Waals surface area contributed by atoms with Crippen LogP contribution in [0.2, 0.25) is 0 Å². The van der Waals surface area contributed by atoms with Crippen LogP contribution in [0.3, 0.4) is 0 Å². The van der Waals surface area contributed by atoms with Crippen molar-refractivity contribution in [1.29, 1.82) is 0 Å². The Morgan fingerprint density at radius 3 is 2.52 bits per heavy atom. The van der Waals surface area contributed by atoms with E-state index in [4.69, 9.17) is 10.5 Å². The van der Waals surface area contributed by atoms with Gasteiger partial charge in [-0.25, -0.2) is 13.2 Å². The summed E-state index contributed by atoms with van der Waals surface area (Å²) in [5.74, 6) is 3.25. The van der Waals surface area contributed by atoms with Gasteiger partial charge in [0.1, 0.15) is 18.2 Å². The highest BCUT2D eigenvalue weighted by Gasteiger charge is 2.06. The van der Waals surface area contributed by atoms with Gasteiger partial charge in [0.2, 0.25) is 0 Å². The van der Waals surface area contributed by atoms with Gasteiger partial charge in [0.25, 0.3) is 0 Å². The zero-order valence-corrected chi connectivity index (χ0v) is 11.0. The van der Waals surface area contributed by atoms with E-state index in [1.807, 2.05) is 0 Å². The molecule has 2 aromatic carbocycles. The molecule has 0 saturated heterocycles. The zero-order valence-electron chi connectivity index (χ0n) is 11.0. The molecule has 0 bridgehead atoms. The highest BCUT2D eigenvalue weighted by atomic mass is 19.1. The Morgan fingerprint density at radius 2 is 1.81 bits per heavy atom. The van der Waals surface area contributed by atoms with Crippen molar-refractivity contribution in [2.75, 3.05) is 6.54 Å². The lowest BCUT2D eigenvalue weighted by molar-refractivity contribution is 0.289. The van der Waals surface area contributed by atoms with Crippen molar-refractivity contribution in [1.82, 2.24) is 0 Å². The minimum atomic E-state index is -0.811. The van der Waals surface area contributed by atoms with E-state index in [1.54, 1.807) is 6.07 Å². The van der Waals surface area contributed by atoms with E-state index in [9.17, 15) is 13.2 Å². The lowest BCUT2D eigenvalue weighted by atomic mass is 10.1. The molecular formula is C16H12F3NO. The van der Waals surface area contributed by atoms with Crippen molar-refractivity contribution in [2.45, 2.75) is 6.61 Å². The molecule has 0 unspecified atom stereocenters. The molecule has 0 saturated carbocycles. The van der Waals surface area contributed by atoms with Crippen LogP contribution in [0, 0.1) is 29.3 Å². The fraction of sp³-hybridized carbons (Fsp3) is 0.125. The number of halogens is 3. The van der Waals surface area contributed by atoms with Crippen LogP contribution in [0.25, 0.3) is 0 Å². The van der Waals surface area contributed by atoms with Gasteiger partial charge in [-0.05, 0) is 35.9 Å². The third kappa shape index (κ3) is 4.26. The van der Waals surface area contributed by atoms with Gasteiger partial charge in [0.15, 0.2) is 11.6 Å². The average molecular weight is 291 g/mol. The van der Waals surface area contributed by atoms with Gasteiger partial charge in [0.05, 0.1) is 6.54 Å². The molecule has 21 heavy (non-hydrogen) atoms. The Bertz CT molecular complexity index is 704. The van der Waals surface area contributed by atoms with Crippen molar-refractivity contribution in [2.24, 2.45) is 5.73 Å². The Morgan fingerprint density at radius 1 is 1.00 bits per heavy atom. The number of nitrogens with two attached hydrogens (primary N) is 1. The standard InChI is InChI=1S/C16H12F3NO/c17-13-3-4-16(15(19)9-13)21-10-12-6-11(2-1-5-20)7-14(18)8-12/h3-4,6-9H,5,10,20H2. The second-order valence-corrected chi connectivity index (χ2v) is 4.22. The zero-order chi connectivity index (χ0) is 15.2. The predicted octanol–water partition coefficient (Wildman–Crippen LogP) is 2.99. The van der Waals surface area contributed by atoms with Crippen LogP contribution < -0.4 is 10.5 Å². The minimum absolute atomic E-state index is 0.0579. The Kier molecular flexibility index (Phi) is 4.85. The van der Waals surface area contributed by atoms with Crippen LogP contribution in [0.15, 0.2) is 36.4 Å². The molecule has 0 aliphatic carbocycles. The van der Waals surface area contributed by atoms with Crippen LogP contribution in [-0.2, 0) is 6.61 Å². The third-order valence-electron chi connectivity index (χ3n) is 2.58. The summed E-state index contributed by atoms with van der Waals surface area (Å²) >= 11 is 0. The van der Waals surface area contributed by atoms with E-state index < -0.39 is 17.5 Å². The quantitative estimate of drug-likeness (QED) is 0.882. The SMILES string of the molecule is NCC#Cc1cc(F)cc(COc2ccc(F)cc2F)c1. The van der Waals surface area contributed by atoms with Gasteiger partial charge in [0, 0.05) is 11.6 Å². The summed E-state index contributed by atoms with van der Waals surface area (Å²) in [7, 11) is 0. The predicted molar refractivity (Wildman–Crippen MR) is 73.0 cm³/mol. The Hall–Kier alpha value is -2.45. The molecule has 0 aliphatic heterocycles. The van der Waals surface area contributed by atoms with Gasteiger partial charge >= 0.3 is 0 Å². The lowest BCUT2D eigenvalue weighted by Gasteiger charge is -2.08. The summed E-state index contributed by atoms with van der Waals surface area (Å²) in [5.41, 5.74) is 6.19. The van der Waals surface area contributed by atoms with Gasteiger partial charge < -0.3 is 10.5 Å². The average Bonchev–Trinajstić information content (AvgIpc) is 2.43. The van der Waals surface area contributed by atoms with E-state index in [0.29, 0.717) is 11.1 Å². The molecule has 2 rings (SSSR count). The molecule has 5 heteroatoms. The molecule has 108 valence electrons. The van der Waals surface area contributed by atoms with Gasteiger partial charge in [-0.2, -0.15) is 0 Å². The molecule has 0 aromatic heterocycles. The van der Waals surface area contributed by atoms with E-state index in [1.165, 1.54) is 18.2 Å². The highest BCUT2D eigenvalue weighted by Crippen LogP contribution is 2.19. The topological polar surface area (TPSA) is 35.2 Å². The van der Waals surface area contributed by atoms with Gasteiger partial charge in [-0.15, -0.1) is 0 Å². The van der Waals surface area contributed by atoms with Crippen LogP contribution in [0.4, 0.5) is 13.2 Å². The first-order valence-electron chi connectivity index (χ1n) is 6.15. The van der Waals surface area contributed by atoms with Gasteiger partial charge in [-0.3, -0.25) is 0 Å². The van der Waals surface area contributed by atoms with E-state index in [2.05, 4.69) is 11.8 Å². The summed E-state index contributed by atoms with van der Waals surface area (Å²) in [6, 6.07) is 7.13. The maximum absolute atomic E-state index is 13.4. The second-order valence-electron chi connectivity index (χ2n) is 4.22. The maximum atomic E-state index is 13.4. The normalized spacial score (nSPS) is 9.90. The molecule has 0 heterocycles. The Labute approximate surface area is 120 Å². The molecule has 0 amide bonds. The fourth-order valence-corrected chi connectivity index (χ4v) is 1.71. The van der Waals surface area contributed by atoms with Crippen molar-refractivity contribution in [3.8, 4) is 17.6 Å². The van der Waals surface area contributed by atoms with Crippen molar-refractivity contribution < 1.29 is 17.9 Å². The number of benzene rings is 2. The van der Waals surface area contributed by atoms with E-state index >= 15 is 0 Å². The monoisotopic (exact) mass is 291 g/mol. The van der Waals surface area contributed by atoms with Crippen LogP contribution >= 0.6 is 0 Å². The summed E-state index contributed by atoms with van der Waals surface area (Å²) in [4.78, 5) is 0. The third-order valence-corrected chi connectivity index (χ3v) is 2.58. The second kappa shape index (κ2) is 6.82. The number of ether oxygens (including phenoxy) is 1. The molecule has 2 N–H and O–H groups in total. The van der Waals surface area contributed by atoms with E-state index in [-0.39, 0.29) is 18.9 Å². The molecule has 2 nitrogen and oxygen atoms in total. The molecule has 2 aromatic rings. The molecule has 0 radical (unpaired) electrons. The highest BCUT2D eigenvalue weighted by molar-refractivity contribution is 5.38. The van der Waals surface area contributed by atoms with Crippen LogP contribution in [0.5, 0.6) is 5.75 Å². The minimum Gasteiger partial charge on any atom is -0.486 e. The summed E-state index contributed by atoms with van der Waals surface area (Å²) < 4.78 is 44.8.